The zero-order valence-corrected chi connectivity index (χ0v) is 14.5. The zero-order chi connectivity index (χ0) is 18.7. The van der Waals surface area contributed by atoms with Crippen molar-refractivity contribution in [2.75, 3.05) is 36.4 Å². The third-order valence-corrected chi connectivity index (χ3v) is 4.84. The van der Waals surface area contributed by atoms with Gasteiger partial charge in [0.1, 0.15) is 23.1 Å². The van der Waals surface area contributed by atoms with Gasteiger partial charge in [-0.15, -0.1) is 0 Å². The van der Waals surface area contributed by atoms with Crippen molar-refractivity contribution in [3.8, 4) is 5.75 Å². The molecule has 1 heterocycles. The molecule has 0 aromatic heterocycles. The first-order valence-electron chi connectivity index (χ1n) is 8.59. The predicted molar refractivity (Wildman–Crippen MR) is 95.5 cm³/mol. The average molecular weight is 362 g/mol. The molecule has 1 fully saturated rings. The van der Waals surface area contributed by atoms with E-state index >= 15 is 0 Å². The van der Waals surface area contributed by atoms with Crippen LogP contribution in [0.3, 0.4) is 0 Å². The average Bonchev–Trinajstić information content (AvgIpc) is 2.65. The molecule has 1 aliphatic rings. The van der Waals surface area contributed by atoms with Gasteiger partial charge in [-0.2, -0.15) is 0 Å². The van der Waals surface area contributed by atoms with E-state index in [4.69, 9.17) is 0 Å². The molecule has 0 saturated carbocycles. The number of quaternary nitrogens is 1. The van der Waals surface area contributed by atoms with Crippen LogP contribution in [0.1, 0.15) is 6.92 Å². The summed E-state index contributed by atoms with van der Waals surface area (Å²) in [6.45, 7) is 4.47. The minimum Gasteiger partial charge on any atom is -0.506 e. The second kappa shape index (κ2) is 7.70. The van der Waals surface area contributed by atoms with E-state index in [0.717, 1.165) is 22.7 Å². The van der Waals surface area contributed by atoms with Gasteiger partial charge in [0.25, 0.3) is 5.91 Å². The molecule has 0 aliphatic carbocycles. The summed E-state index contributed by atoms with van der Waals surface area (Å²) in [5.41, 5.74) is 0.369. The molecule has 1 amide bonds. The van der Waals surface area contributed by atoms with E-state index in [0.29, 0.717) is 26.2 Å². The van der Waals surface area contributed by atoms with E-state index in [1.165, 1.54) is 6.07 Å². The molecule has 2 aromatic carbocycles. The molecular weight excluding hydrogens is 340 g/mol. The summed E-state index contributed by atoms with van der Waals surface area (Å²) < 4.78 is 27.4. The van der Waals surface area contributed by atoms with Crippen molar-refractivity contribution in [2.45, 2.75) is 13.0 Å². The lowest BCUT2D eigenvalue weighted by molar-refractivity contribution is -0.914. The van der Waals surface area contributed by atoms with Gasteiger partial charge in [0.05, 0.1) is 31.9 Å². The maximum Gasteiger partial charge on any atom is 0.282 e. The van der Waals surface area contributed by atoms with Crippen molar-refractivity contribution < 1.29 is 23.6 Å². The summed E-state index contributed by atoms with van der Waals surface area (Å²) in [7, 11) is 0. The molecule has 3 rings (SSSR count). The topological polar surface area (TPSA) is 57.0 Å². The van der Waals surface area contributed by atoms with Crippen LogP contribution in [0.25, 0.3) is 0 Å². The highest BCUT2D eigenvalue weighted by atomic mass is 19.1. The highest BCUT2D eigenvalue weighted by molar-refractivity contribution is 5.93. The predicted octanol–water partition coefficient (Wildman–Crippen LogP) is 1.40. The molecular formula is C19H22F2N3O2+. The van der Waals surface area contributed by atoms with Crippen LogP contribution in [0.4, 0.5) is 20.2 Å². The third kappa shape index (κ3) is 3.77. The summed E-state index contributed by atoms with van der Waals surface area (Å²) >= 11 is 0. The number of nitrogens with zero attached hydrogens (tertiary/aromatic N) is 1. The smallest absolute Gasteiger partial charge is 0.282 e. The lowest BCUT2D eigenvalue weighted by Gasteiger charge is -2.36. The van der Waals surface area contributed by atoms with E-state index in [9.17, 15) is 18.7 Å². The Morgan fingerprint density at radius 3 is 2.35 bits per heavy atom. The van der Waals surface area contributed by atoms with Crippen LogP contribution in [-0.4, -0.2) is 43.2 Å². The number of hydrogen-bond acceptors (Lipinski definition) is 3. The highest BCUT2D eigenvalue weighted by Crippen LogP contribution is 2.26. The van der Waals surface area contributed by atoms with Crippen molar-refractivity contribution in [2.24, 2.45) is 0 Å². The van der Waals surface area contributed by atoms with Crippen LogP contribution >= 0.6 is 0 Å². The molecule has 3 N–H and O–H groups in total. The summed E-state index contributed by atoms with van der Waals surface area (Å²) in [6, 6.07) is 10.2. The molecule has 26 heavy (non-hydrogen) atoms. The summed E-state index contributed by atoms with van der Waals surface area (Å²) in [5.74, 6) is -1.76. The molecule has 0 unspecified atom stereocenters. The molecule has 5 nitrogen and oxygen atoms in total. The number of aromatic hydroxyl groups is 1. The molecule has 0 spiro atoms. The van der Waals surface area contributed by atoms with Crippen molar-refractivity contribution in [1.29, 1.82) is 0 Å². The third-order valence-electron chi connectivity index (χ3n) is 4.84. The van der Waals surface area contributed by atoms with Crippen LogP contribution in [0.2, 0.25) is 0 Å². The highest BCUT2D eigenvalue weighted by Gasteiger charge is 2.30. The lowest BCUT2D eigenvalue weighted by atomic mass is 10.2. The van der Waals surface area contributed by atoms with Gasteiger partial charge in [-0.05, 0) is 31.2 Å². The largest absolute Gasteiger partial charge is 0.506 e. The number of phenols is 1. The van der Waals surface area contributed by atoms with Crippen LogP contribution in [0.15, 0.2) is 42.5 Å². The molecule has 1 saturated heterocycles. The summed E-state index contributed by atoms with van der Waals surface area (Å²) in [6.07, 6.45) is 0. The van der Waals surface area contributed by atoms with Crippen molar-refractivity contribution in [3.63, 3.8) is 0 Å². The SMILES string of the molecule is C[C@H](C(=O)Nc1c(F)cccc1F)[NH+]1CCN(c2ccccc2O)CC1. The van der Waals surface area contributed by atoms with Crippen LogP contribution in [-0.2, 0) is 4.79 Å². The number of rotatable bonds is 4. The van der Waals surface area contributed by atoms with Crippen LogP contribution < -0.4 is 15.1 Å². The number of hydrogen-bond donors (Lipinski definition) is 3. The first-order chi connectivity index (χ1) is 12.5. The van der Waals surface area contributed by atoms with Crippen molar-refractivity contribution >= 4 is 17.3 Å². The molecule has 2 aromatic rings. The number of carbonyl (C=O) groups is 1. The number of para-hydroxylation sites is 3. The molecule has 7 heteroatoms. The Morgan fingerprint density at radius 1 is 1.12 bits per heavy atom. The molecule has 0 bridgehead atoms. The summed E-state index contributed by atoms with van der Waals surface area (Å²) in [5, 5.41) is 12.3. The van der Waals surface area contributed by atoms with Crippen LogP contribution in [0, 0.1) is 11.6 Å². The number of benzene rings is 2. The molecule has 138 valence electrons. The van der Waals surface area contributed by atoms with Crippen molar-refractivity contribution in [3.05, 3.63) is 54.1 Å². The Labute approximate surface area is 150 Å². The standard InChI is InChI=1S/C19H21F2N3O2/c1-13(19(26)22-18-14(20)5-4-6-15(18)21)23-9-11-24(12-10-23)16-7-2-3-8-17(16)25/h2-8,13,25H,9-12H2,1H3,(H,22,26)/p+1/t13-/m1/s1. The van der Waals surface area contributed by atoms with Gasteiger partial charge in [0.2, 0.25) is 0 Å². The fourth-order valence-corrected chi connectivity index (χ4v) is 3.23. The number of halogens is 2. The van der Waals surface area contributed by atoms with Gasteiger partial charge in [0, 0.05) is 0 Å². The second-order valence-electron chi connectivity index (χ2n) is 6.44. The lowest BCUT2D eigenvalue weighted by Crippen LogP contribution is -3.19. The number of anilines is 2. The van der Waals surface area contributed by atoms with Gasteiger partial charge >= 0.3 is 0 Å². The number of amides is 1. The molecule has 1 atom stereocenters. The fourth-order valence-electron chi connectivity index (χ4n) is 3.23. The van der Waals surface area contributed by atoms with E-state index in [1.54, 1.807) is 19.1 Å². The zero-order valence-electron chi connectivity index (χ0n) is 14.5. The molecule has 0 radical (unpaired) electrons. The van der Waals surface area contributed by atoms with Gasteiger partial charge in [-0.25, -0.2) is 8.78 Å². The molecule has 1 aliphatic heterocycles. The number of nitrogens with one attached hydrogen (secondary N) is 2. The first-order valence-corrected chi connectivity index (χ1v) is 8.59. The minimum atomic E-state index is -0.787. The Balaban J connectivity index is 1.60. The van der Waals surface area contributed by atoms with Gasteiger partial charge in [-0.1, -0.05) is 18.2 Å². The fraction of sp³-hybridized carbons (Fsp3) is 0.316. The Morgan fingerprint density at radius 2 is 1.73 bits per heavy atom. The normalized spacial score (nSPS) is 16.3. The van der Waals surface area contributed by atoms with Gasteiger partial charge < -0.3 is 20.2 Å². The van der Waals surface area contributed by atoms with Gasteiger partial charge in [-0.3, -0.25) is 4.79 Å². The van der Waals surface area contributed by atoms with E-state index in [-0.39, 0.29) is 5.75 Å². The van der Waals surface area contributed by atoms with Crippen molar-refractivity contribution in [1.82, 2.24) is 0 Å². The first kappa shape index (κ1) is 18.1. The number of piperazine rings is 1. The number of phenolic OH excluding ortho intramolecular Hbond substituents is 1. The summed E-state index contributed by atoms with van der Waals surface area (Å²) in [4.78, 5) is 15.5. The maximum absolute atomic E-state index is 13.7. The Kier molecular flexibility index (Phi) is 5.37. The second-order valence-corrected chi connectivity index (χ2v) is 6.44. The quantitative estimate of drug-likeness (QED) is 0.771. The Hall–Kier alpha value is -2.67. The Bertz CT molecular complexity index is 772. The van der Waals surface area contributed by atoms with E-state index < -0.39 is 29.3 Å². The monoisotopic (exact) mass is 362 g/mol. The van der Waals surface area contributed by atoms with E-state index in [1.807, 2.05) is 12.1 Å². The minimum absolute atomic E-state index is 0.233. The van der Waals surface area contributed by atoms with Crippen LogP contribution in [0.5, 0.6) is 5.75 Å². The van der Waals surface area contributed by atoms with E-state index in [2.05, 4.69) is 10.2 Å². The number of carbonyl (C=O) groups excluding carboxylic acids is 1. The van der Waals surface area contributed by atoms with Gasteiger partial charge in [0.15, 0.2) is 6.04 Å². The maximum atomic E-state index is 13.7.